The zero-order valence-electron chi connectivity index (χ0n) is 22.8. The Hall–Kier alpha value is -3.99. The molecule has 0 amide bonds. The molecular weight excluding hydrogens is 513 g/mol. The van der Waals surface area contributed by atoms with Crippen LogP contribution in [0.15, 0.2) is 60.9 Å². The summed E-state index contributed by atoms with van der Waals surface area (Å²) in [6, 6.07) is 17.4. The van der Waals surface area contributed by atoms with Gasteiger partial charge in [0.1, 0.15) is 18.4 Å². The zero-order valence-corrected chi connectivity index (χ0v) is 22.8. The monoisotopic (exact) mass is 544 g/mol. The van der Waals surface area contributed by atoms with Gasteiger partial charge in [-0.25, -0.2) is 9.97 Å². The van der Waals surface area contributed by atoms with Crippen LogP contribution in [0, 0.1) is 17.2 Å². The van der Waals surface area contributed by atoms with Gasteiger partial charge in [-0.05, 0) is 54.9 Å². The van der Waals surface area contributed by atoms with Crippen molar-refractivity contribution in [2.75, 3.05) is 0 Å². The van der Waals surface area contributed by atoms with Gasteiger partial charge in [-0.15, -0.1) is 0 Å². The predicted molar refractivity (Wildman–Crippen MR) is 148 cm³/mol. The minimum atomic E-state index is -4.17. The Labute approximate surface area is 232 Å². The lowest BCUT2D eigenvalue weighted by atomic mass is 9.76. The summed E-state index contributed by atoms with van der Waals surface area (Å²) in [5, 5.41) is 10.3. The molecule has 0 atom stereocenters. The number of hydrogen-bond acceptors (Lipinski definition) is 5. The van der Waals surface area contributed by atoms with E-state index in [9.17, 15) is 18.4 Å². The van der Waals surface area contributed by atoms with Crippen molar-refractivity contribution in [3.8, 4) is 23.1 Å². The van der Waals surface area contributed by atoms with Crippen LogP contribution >= 0.6 is 0 Å². The third-order valence-corrected chi connectivity index (χ3v) is 7.64. The van der Waals surface area contributed by atoms with Crippen molar-refractivity contribution < 1.29 is 17.9 Å². The highest BCUT2D eigenvalue weighted by molar-refractivity contribution is 5.91. The molecule has 1 aliphatic carbocycles. The summed E-state index contributed by atoms with van der Waals surface area (Å²) in [4.78, 5) is 13.8. The first-order valence-electron chi connectivity index (χ1n) is 13.5. The Balaban J connectivity index is 1.61. The van der Waals surface area contributed by atoms with Gasteiger partial charge in [0, 0.05) is 35.1 Å². The minimum Gasteiger partial charge on any atom is -0.488 e. The second-order valence-electron chi connectivity index (χ2n) is 11.4. The summed E-state index contributed by atoms with van der Waals surface area (Å²) in [6.07, 6.45) is 0.256. The van der Waals surface area contributed by atoms with Gasteiger partial charge in [-0.3, -0.25) is 4.98 Å². The van der Waals surface area contributed by atoms with Gasteiger partial charge in [-0.2, -0.15) is 18.4 Å². The Morgan fingerprint density at radius 3 is 2.35 bits per heavy atom. The fourth-order valence-corrected chi connectivity index (χ4v) is 5.38. The van der Waals surface area contributed by atoms with Crippen molar-refractivity contribution in [1.29, 1.82) is 5.26 Å². The van der Waals surface area contributed by atoms with Crippen molar-refractivity contribution in [3.63, 3.8) is 0 Å². The van der Waals surface area contributed by atoms with E-state index in [0.717, 1.165) is 22.4 Å². The van der Waals surface area contributed by atoms with Crippen molar-refractivity contribution in [3.05, 3.63) is 83.4 Å². The molecule has 0 radical (unpaired) electrons. The maximum Gasteiger partial charge on any atom is 0.391 e. The number of rotatable bonds is 5. The highest BCUT2D eigenvalue weighted by atomic mass is 19.4. The van der Waals surface area contributed by atoms with Crippen LogP contribution in [0.25, 0.3) is 22.2 Å². The third-order valence-electron chi connectivity index (χ3n) is 7.64. The van der Waals surface area contributed by atoms with Crippen LogP contribution in [0.2, 0.25) is 0 Å². The topological polar surface area (TPSA) is 71.7 Å². The van der Waals surface area contributed by atoms with Crippen LogP contribution in [0.3, 0.4) is 0 Å². The van der Waals surface area contributed by atoms with Crippen molar-refractivity contribution in [1.82, 2.24) is 15.0 Å². The summed E-state index contributed by atoms with van der Waals surface area (Å²) in [5.74, 6) is -0.832. The van der Waals surface area contributed by atoms with Crippen molar-refractivity contribution in [2.24, 2.45) is 5.92 Å². The molecule has 5 nitrogen and oxygen atoms in total. The molecule has 3 aromatic heterocycles. The molecule has 1 aliphatic rings. The van der Waals surface area contributed by atoms with E-state index < -0.39 is 12.1 Å². The molecule has 0 bridgehead atoms. The number of pyridine rings is 3. The predicted octanol–water partition coefficient (Wildman–Crippen LogP) is 8.28. The van der Waals surface area contributed by atoms with Crippen LogP contribution in [0.1, 0.15) is 74.9 Å². The number of halogens is 3. The Kier molecular flexibility index (Phi) is 7.50. The molecule has 8 heteroatoms. The number of hydrogen-bond donors (Lipinski definition) is 0. The second kappa shape index (κ2) is 10.9. The van der Waals surface area contributed by atoms with Gasteiger partial charge in [0.25, 0.3) is 0 Å². The molecule has 40 heavy (non-hydrogen) atoms. The van der Waals surface area contributed by atoms with E-state index in [4.69, 9.17) is 14.7 Å². The smallest absolute Gasteiger partial charge is 0.391 e. The van der Waals surface area contributed by atoms with Crippen molar-refractivity contribution >= 4 is 10.9 Å². The highest BCUT2D eigenvalue weighted by Gasteiger charge is 2.42. The van der Waals surface area contributed by atoms with E-state index in [-0.39, 0.29) is 36.5 Å². The molecule has 1 fully saturated rings. The van der Waals surface area contributed by atoms with Gasteiger partial charge < -0.3 is 4.74 Å². The zero-order chi connectivity index (χ0) is 28.5. The van der Waals surface area contributed by atoms with Crippen LogP contribution in [-0.4, -0.2) is 21.1 Å². The molecule has 5 rings (SSSR count). The molecule has 0 N–H and O–H groups in total. The van der Waals surface area contributed by atoms with Gasteiger partial charge >= 0.3 is 6.18 Å². The van der Waals surface area contributed by atoms with Crippen molar-refractivity contribution in [2.45, 2.75) is 70.6 Å². The number of aromatic nitrogens is 3. The molecular formula is C32H31F3N4O. The van der Waals surface area contributed by atoms with E-state index in [0.29, 0.717) is 35.2 Å². The molecule has 0 aliphatic heterocycles. The summed E-state index contributed by atoms with van der Waals surface area (Å²) in [5.41, 5.74) is 4.71. The maximum absolute atomic E-state index is 13.4. The lowest BCUT2D eigenvalue weighted by Crippen LogP contribution is -2.27. The first-order chi connectivity index (χ1) is 19.0. The van der Waals surface area contributed by atoms with E-state index in [1.165, 1.54) is 0 Å². The molecule has 1 aromatic carbocycles. The Morgan fingerprint density at radius 2 is 1.70 bits per heavy atom. The van der Waals surface area contributed by atoms with E-state index in [1.54, 1.807) is 24.5 Å². The van der Waals surface area contributed by atoms with E-state index in [2.05, 4.69) is 31.8 Å². The van der Waals surface area contributed by atoms with E-state index in [1.807, 2.05) is 36.4 Å². The molecule has 3 heterocycles. The number of ether oxygens (including phenoxy) is 1. The fraction of sp³-hybridized carbons (Fsp3) is 0.375. The normalized spacial score (nSPS) is 17.9. The van der Waals surface area contributed by atoms with Gasteiger partial charge in [0.2, 0.25) is 0 Å². The van der Waals surface area contributed by atoms with Gasteiger partial charge in [-0.1, -0.05) is 51.1 Å². The summed E-state index contributed by atoms with van der Waals surface area (Å²) in [7, 11) is 0. The Bertz CT molecular complexity index is 1550. The number of nitriles is 1. The lowest BCUT2D eigenvalue weighted by molar-refractivity contribution is -0.182. The molecule has 0 saturated heterocycles. The lowest BCUT2D eigenvalue weighted by Gasteiger charge is -2.32. The summed E-state index contributed by atoms with van der Waals surface area (Å²) >= 11 is 0. The molecule has 0 unspecified atom stereocenters. The summed E-state index contributed by atoms with van der Waals surface area (Å²) < 4.78 is 46.5. The maximum atomic E-state index is 13.4. The Morgan fingerprint density at radius 1 is 0.975 bits per heavy atom. The first-order valence-corrected chi connectivity index (χ1v) is 13.5. The van der Waals surface area contributed by atoms with Crippen LogP contribution < -0.4 is 4.74 Å². The second-order valence-corrected chi connectivity index (χ2v) is 11.4. The van der Waals surface area contributed by atoms with Crippen LogP contribution in [-0.2, 0) is 12.0 Å². The summed E-state index contributed by atoms with van der Waals surface area (Å²) in [6.45, 7) is 6.49. The number of benzene rings is 1. The fourth-order valence-electron chi connectivity index (χ4n) is 5.38. The van der Waals surface area contributed by atoms with Gasteiger partial charge in [0.15, 0.2) is 5.69 Å². The quantitative estimate of drug-likeness (QED) is 0.253. The molecule has 206 valence electrons. The standard InChI is InChI=1S/C32H31F3N4O/c1-31(2,3)29-15-23(21-9-11-22(12-10-21)32(33,34)35)24(18-38-29)26-16-28(40-19-20-7-5-4-6-8-20)30-25(39-26)13-14-37-27(30)17-36/h4-8,13-16,18,21-22H,9-12,19H2,1-3H3. The third kappa shape index (κ3) is 5.79. The molecule has 0 spiro atoms. The average Bonchev–Trinajstić information content (AvgIpc) is 2.94. The number of fused-ring (bicyclic) bond motifs is 1. The van der Waals surface area contributed by atoms with Gasteiger partial charge in [0.05, 0.1) is 22.5 Å². The highest BCUT2D eigenvalue weighted by Crippen LogP contribution is 2.46. The minimum absolute atomic E-state index is 0.0454. The number of nitrogens with zero attached hydrogens (tertiary/aromatic N) is 4. The first kappa shape index (κ1) is 27.6. The largest absolute Gasteiger partial charge is 0.488 e. The number of alkyl halides is 3. The SMILES string of the molecule is CC(C)(C)c1cc(C2CCC(C(F)(F)F)CC2)c(-c2cc(OCc3ccccc3)c3c(C#N)nccc3n2)cn1. The van der Waals surface area contributed by atoms with Crippen LogP contribution in [0.5, 0.6) is 5.75 Å². The van der Waals surface area contributed by atoms with Crippen LogP contribution in [0.4, 0.5) is 13.2 Å². The average molecular weight is 545 g/mol. The molecule has 1 saturated carbocycles. The van der Waals surface area contributed by atoms with E-state index >= 15 is 0 Å². The molecule has 4 aromatic rings.